The molecular weight excluding hydrogens is 290 g/mol. The van der Waals surface area contributed by atoms with Gasteiger partial charge in [-0.05, 0) is 13.8 Å². The first-order valence-corrected chi connectivity index (χ1v) is 6.84. The minimum absolute atomic E-state index is 0.337. The van der Waals surface area contributed by atoms with E-state index in [4.69, 9.17) is 9.63 Å². The highest BCUT2D eigenvalue weighted by molar-refractivity contribution is 5.94. The van der Waals surface area contributed by atoms with Crippen LogP contribution in [0.25, 0.3) is 0 Å². The summed E-state index contributed by atoms with van der Waals surface area (Å²) in [6, 6.07) is -1.18. The number of anilines is 1. The minimum atomic E-state index is -1.13. The summed E-state index contributed by atoms with van der Waals surface area (Å²) in [7, 11) is 0. The molecule has 1 aliphatic heterocycles. The van der Waals surface area contributed by atoms with Gasteiger partial charge >= 0.3 is 6.03 Å². The Morgan fingerprint density at radius 3 is 2.82 bits per heavy atom. The van der Waals surface area contributed by atoms with Crippen LogP contribution in [-0.4, -0.2) is 50.1 Å². The van der Waals surface area contributed by atoms with E-state index in [1.165, 1.54) is 6.20 Å². The lowest BCUT2D eigenvalue weighted by Crippen LogP contribution is -2.38. The number of hydrogen-bond acceptors (Lipinski definition) is 6. The maximum Gasteiger partial charge on any atom is 0.324 e. The van der Waals surface area contributed by atoms with Crippen molar-refractivity contribution in [2.45, 2.75) is 32.7 Å². The van der Waals surface area contributed by atoms with Crippen molar-refractivity contribution in [3.05, 3.63) is 29.4 Å². The van der Waals surface area contributed by atoms with Crippen molar-refractivity contribution in [2.24, 2.45) is 0 Å². The van der Waals surface area contributed by atoms with Gasteiger partial charge in [-0.2, -0.15) is 5.10 Å². The Hall–Kier alpha value is -2.39. The molecule has 9 nitrogen and oxygen atoms in total. The predicted molar refractivity (Wildman–Crippen MR) is 75.2 cm³/mol. The number of amides is 2. The van der Waals surface area contributed by atoms with Gasteiger partial charge in [0.25, 0.3) is 0 Å². The lowest BCUT2D eigenvalue weighted by atomic mass is 10.2. The molecule has 1 aliphatic rings. The highest BCUT2D eigenvalue weighted by Gasteiger charge is 2.39. The molecule has 2 atom stereocenters. The first kappa shape index (κ1) is 14.5. The smallest absolute Gasteiger partial charge is 0.324 e. The first-order valence-electron chi connectivity index (χ1n) is 6.84. The third-order valence-electron chi connectivity index (χ3n) is 3.75. The molecule has 3 rings (SSSR count). The van der Waals surface area contributed by atoms with Crippen LogP contribution in [0.2, 0.25) is 0 Å². The number of aliphatic hydroxyl groups excluding tert-OH is 2. The third-order valence-corrected chi connectivity index (χ3v) is 3.75. The van der Waals surface area contributed by atoms with Gasteiger partial charge in [0, 0.05) is 11.8 Å². The lowest BCUT2D eigenvalue weighted by Gasteiger charge is -2.18. The molecular formula is C13H17N5O4. The second-order valence-corrected chi connectivity index (χ2v) is 5.22. The molecule has 22 heavy (non-hydrogen) atoms. The van der Waals surface area contributed by atoms with E-state index in [0.717, 1.165) is 16.2 Å². The van der Waals surface area contributed by atoms with Gasteiger partial charge in [0.2, 0.25) is 0 Å². The summed E-state index contributed by atoms with van der Waals surface area (Å²) in [5, 5.41) is 29.7. The van der Waals surface area contributed by atoms with Crippen LogP contribution < -0.4 is 10.2 Å². The zero-order chi connectivity index (χ0) is 15.9. The largest absolute Gasteiger partial charge is 0.394 e. The number of carbonyl (C=O) groups is 1. The van der Waals surface area contributed by atoms with Crippen LogP contribution in [0.15, 0.2) is 16.9 Å². The topological polar surface area (TPSA) is 117 Å². The molecule has 2 unspecified atom stereocenters. The second kappa shape index (κ2) is 5.43. The Kier molecular flexibility index (Phi) is 3.59. The number of aliphatic hydroxyl groups is 2. The number of carbonyl (C=O) groups excluding carboxylic acids is 1. The van der Waals surface area contributed by atoms with E-state index in [2.05, 4.69) is 15.6 Å². The number of nitrogens with one attached hydrogen (secondary N) is 1. The van der Waals surface area contributed by atoms with Crippen molar-refractivity contribution < 1.29 is 19.5 Å². The molecule has 0 saturated carbocycles. The number of hydrogen-bond donors (Lipinski definition) is 3. The van der Waals surface area contributed by atoms with Crippen LogP contribution in [0.5, 0.6) is 0 Å². The van der Waals surface area contributed by atoms with Crippen molar-refractivity contribution in [1.82, 2.24) is 20.3 Å². The van der Waals surface area contributed by atoms with Crippen molar-refractivity contribution >= 4 is 11.7 Å². The number of urea groups is 1. The molecule has 2 aromatic rings. The normalized spacial score (nSPS) is 21.5. The fourth-order valence-corrected chi connectivity index (χ4v) is 2.47. The Morgan fingerprint density at radius 2 is 2.23 bits per heavy atom. The van der Waals surface area contributed by atoms with E-state index in [-0.39, 0.29) is 6.61 Å². The Bertz CT molecular complexity index is 675. The molecule has 3 heterocycles. The van der Waals surface area contributed by atoms with E-state index < -0.39 is 18.3 Å². The standard InChI is InChI=1S/C13H17N5O4/c1-7-10(8(2)22-16-7)5-17-4-9(3-14-17)18-12(20)11(6-19)15-13(18)21/h3-4,11-12,19-20H,5-6H2,1-2H3,(H,15,21). The van der Waals surface area contributed by atoms with Crippen LogP contribution in [0.1, 0.15) is 17.0 Å². The van der Waals surface area contributed by atoms with Crippen LogP contribution in [-0.2, 0) is 6.54 Å². The molecule has 2 amide bonds. The maximum atomic E-state index is 11.9. The molecule has 0 bridgehead atoms. The van der Waals surface area contributed by atoms with Gasteiger partial charge in [0.1, 0.15) is 5.76 Å². The number of aryl methyl sites for hydroxylation is 2. The molecule has 1 fully saturated rings. The van der Waals surface area contributed by atoms with Gasteiger partial charge in [-0.1, -0.05) is 5.16 Å². The number of rotatable bonds is 4. The van der Waals surface area contributed by atoms with Gasteiger partial charge in [-0.25, -0.2) is 4.79 Å². The molecule has 0 aliphatic carbocycles. The zero-order valence-electron chi connectivity index (χ0n) is 12.2. The summed E-state index contributed by atoms with van der Waals surface area (Å²) in [5.41, 5.74) is 2.16. The highest BCUT2D eigenvalue weighted by Crippen LogP contribution is 2.22. The molecule has 1 saturated heterocycles. The Morgan fingerprint density at radius 1 is 1.45 bits per heavy atom. The molecule has 2 aromatic heterocycles. The molecule has 9 heteroatoms. The summed E-state index contributed by atoms with van der Waals surface area (Å²) < 4.78 is 6.74. The lowest BCUT2D eigenvalue weighted by molar-refractivity contribution is 0.122. The quantitative estimate of drug-likeness (QED) is 0.717. The zero-order valence-corrected chi connectivity index (χ0v) is 12.2. The van der Waals surface area contributed by atoms with Gasteiger partial charge in [-0.15, -0.1) is 0 Å². The first-order chi connectivity index (χ1) is 10.5. The van der Waals surface area contributed by atoms with Crippen molar-refractivity contribution in [2.75, 3.05) is 11.5 Å². The molecule has 3 N–H and O–H groups in total. The average molecular weight is 307 g/mol. The van der Waals surface area contributed by atoms with Crippen LogP contribution in [0.3, 0.4) is 0 Å². The van der Waals surface area contributed by atoms with Gasteiger partial charge < -0.3 is 20.1 Å². The maximum absolute atomic E-state index is 11.9. The molecule has 0 radical (unpaired) electrons. The molecule has 0 aromatic carbocycles. The van der Waals surface area contributed by atoms with Crippen LogP contribution >= 0.6 is 0 Å². The molecule has 118 valence electrons. The number of aromatic nitrogens is 3. The number of nitrogens with zero attached hydrogens (tertiary/aromatic N) is 4. The predicted octanol–water partition coefficient (Wildman–Crippen LogP) is -0.255. The Labute approximate surface area is 126 Å². The monoisotopic (exact) mass is 307 g/mol. The van der Waals surface area contributed by atoms with E-state index in [1.54, 1.807) is 10.9 Å². The summed E-state index contributed by atoms with van der Waals surface area (Å²) in [6.07, 6.45) is 2.00. The van der Waals surface area contributed by atoms with E-state index >= 15 is 0 Å². The average Bonchev–Trinajstić information content (AvgIpc) is 3.14. The minimum Gasteiger partial charge on any atom is -0.394 e. The fourth-order valence-electron chi connectivity index (χ4n) is 2.47. The second-order valence-electron chi connectivity index (χ2n) is 5.22. The third kappa shape index (κ3) is 2.34. The highest BCUT2D eigenvalue weighted by atomic mass is 16.5. The van der Waals surface area contributed by atoms with Gasteiger partial charge in [0.15, 0.2) is 6.23 Å². The van der Waals surface area contributed by atoms with Gasteiger partial charge in [-0.3, -0.25) is 9.58 Å². The summed E-state index contributed by atoms with van der Waals surface area (Å²) in [4.78, 5) is 13.0. The summed E-state index contributed by atoms with van der Waals surface area (Å²) in [6.45, 7) is 3.79. The van der Waals surface area contributed by atoms with E-state index in [1.807, 2.05) is 13.8 Å². The SMILES string of the molecule is Cc1noc(C)c1Cn1cc(N2C(=O)NC(CO)C2O)cn1. The van der Waals surface area contributed by atoms with Crippen LogP contribution in [0, 0.1) is 13.8 Å². The summed E-state index contributed by atoms with van der Waals surface area (Å²) in [5.74, 6) is 0.717. The van der Waals surface area contributed by atoms with E-state index in [0.29, 0.717) is 18.0 Å². The van der Waals surface area contributed by atoms with Crippen molar-refractivity contribution in [3.8, 4) is 0 Å². The van der Waals surface area contributed by atoms with E-state index in [9.17, 15) is 9.90 Å². The van der Waals surface area contributed by atoms with Crippen LogP contribution in [0.4, 0.5) is 10.5 Å². The summed E-state index contributed by atoms with van der Waals surface area (Å²) >= 11 is 0. The Balaban J connectivity index is 1.81. The molecule has 0 spiro atoms. The van der Waals surface area contributed by atoms with Gasteiger partial charge in [0.05, 0.1) is 36.8 Å². The fraction of sp³-hybridized carbons (Fsp3) is 0.462. The van der Waals surface area contributed by atoms with Crippen molar-refractivity contribution in [1.29, 1.82) is 0 Å². The van der Waals surface area contributed by atoms with Crippen molar-refractivity contribution in [3.63, 3.8) is 0 Å².